The summed E-state index contributed by atoms with van der Waals surface area (Å²) in [6.45, 7) is 4.84. The third-order valence-corrected chi connectivity index (χ3v) is 1.02. The van der Waals surface area contributed by atoms with E-state index in [0.717, 1.165) is 12.1 Å². The first-order valence-electron chi connectivity index (χ1n) is 3.41. The molecule has 0 heterocycles. The zero-order valence-corrected chi connectivity index (χ0v) is 6.59. The fraction of sp³-hybridized carbons (Fsp3) is 0.444. The van der Waals surface area contributed by atoms with E-state index in [1.165, 1.54) is 0 Å². The van der Waals surface area contributed by atoms with Gasteiger partial charge in [0.25, 0.3) is 0 Å². The maximum atomic E-state index is 5.07. The van der Waals surface area contributed by atoms with E-state index in [9.17, 15) is 0 Å². The summed E-state index contributed by atoms with van der Waals surface area (Å²) in [4.78, 5) is 4.06. The number of nitrogens with zero attached hydrogens (tertiary/aromatic N) is 1. The summed E-state index contributed by atoms with van der Waals surface area (Å²) < 4.78 is 0. The zero-order valence-electron chi connectivity index (χ0n) is 6.59. The highest BCUT2D eigenvalue weighted by Gasteiger charge is 1.78. The van der Waals surface area contributed by atoms with Gasteiger partial charge in [0.15, 0.2) is 0 Å². The summed E-state index contributed by atoms with van der Waals surface area (Å²) in [6.07, 6.45) is 9.59. The summed E-state index contributed by atoms with van der Waals surface area (Å²) in [5, 5.41) is 0. The summed E-state index contributed by atoms with van der Waals surface area (Å²) in [7, 11) is 0. The second-order valence-electron chi connectivity index (χ2n) is 1.98. The van der Waals surface area contributed by atoms with Crippen LogP contribution in [0.5, 0.6) is 0 Å². The molecular formula is C9H13N. The van der Waals surface area contributed by atoms with Gasteiger partial charge in [-0.25, -0.2) is 0 Å². The fourth-order valence-corrected chi connectivity index (χ4v) is 0.508. The third kappa shape index (κ3) is 5.11. The molecule has 0 radical (unpaired) electrons. The maximum Gasteiger partial charge on any atom is 0.0361 e. The van der Waals surface area contributed by atoms with E-state index in [0.29, 0.717) is 6.42 Å². The molecule has 0 aromatic carbocycles. The molecule has 0 aliphatic carbocycles. The Morgan fingerprint density at radius 3 is 2.90 bits per heavy atom. The van der Waals surface area contributed by atoms with Crippen molar-refractivity contribution in [1.82, 2.24) is 0 Å². The molecule has 0 aromatic heterocycles. The van der Waals surface area contributed by atoms with E-state index in [1.54, 1.807) is 0 Å². The van der Waals surface area contributed by atoms with Crippen LogP contribution in [-0.2, 0) is 0 Å². The Morgan fingerprint density at radius 1 is 1.70 bits per heavy atom. The standard InChI is InChI=1S/C9H13N/c1-4-6-7-9(3)8-10-5-2/h1,7-8H,5-6H2,2-3H3/b9-7-,10-8?. The highest BCUT2D eigenvalue weighted by atomic mass is 14.7. The van der Waals surface area contributed by atoms with Crippen LogP contribution in [0.2, 0.25) is 0 Å². The lowest BCUT2D eigenvalue weighted by atomic mass is 10.2. The van der Waals surface area contributed by atoms with Crippen LogP contribution >= 0.6 is 0 Å². The summed E-state index contributed by atoms with van der Waals surface area (Å²) in [5.41, 5.74) is 1.14. The molecule has 0 atom stereocenters. The minimum atomic E-state index is 0.696. The second kappa shape index (κ2) is 6.10. The fourth-order valence-electron chi connectivity index (χ4n) is 0.508. The average Bonchev–Trinajstić information content (AvgIpc) is 1.97. The SMILES string of the molecule is C#CC/C=C(/C)C=NCC. The van der Waals surface area contributed by atoms with Crippen molar-refractivity contribution in [1.29, 1.82) is 0 Å². The maximum absolute atomic E-state index is 5.07. The molecular weight excluding hydrogens is 122 g/mol. The van der Waals surface area contributed by atoms with Crippen molar-refractivity contribution in [3.8, 4) is 12.3 Å². The molecule has 0 aliphatic heterocycles. The number of hydrogen-bond donors (Lipinski definition) is 0. The van der Waals surface area contributed by atoms with Gasteiger partial charge in [-0.05, 0) is 19.4 Å². The van der Waals surface area contributed by atoms with Gasteiger partial charge >= 0.3 is 0 Å². The number of aliphatic imine (C=N–C) groups is 1. The first-order valence-corrected chi connectivity index (χ1v) is 3.41. The van der Waals surface area contributed by atoms with Crippen LogP contribution in [0.15, 0.2) is 16.6 Å². The van der Waals surface area contributed by atoms with Crippen LogP contribution in [0, 0.1) is 12.3 Å². The molecule has 0 bridgehead atoms. The Balaban J connectivity index is 3.72. The van der Waals surface area contributed by atoms with Gasteiger partial charge in [-0.3, -0.25) is 4.99 Å². The van der Waals surface area contributed by atoms with E-state index in [2.05, 4.69) is 10.9 Å². The minimum Gasteiger partial charge on any atom is -0.293 e. The smallest absolute Gasteiger partial charge is 0.0361 e. The topological polar surface area (TPSA) is 12.4 Å². The molecule has 10 heavy (non-hydrogen) atoms. The molecule has 1 nitrogen and oxygen atoms in total. The zero-order chi connectivity index (χ0) is 7.82. The highest BCUT2D eigenvalue weighted by molar-refractivity contribution is 5.77. The van der Waals surface area contributed by atoms with Crippen LogP contribution in [0.1, 0.15) is 20.3 Å². The summed E-state index contributed by atoms with van der Waals surface area (Å²) >= 11 is 0. The molecule has 0 rings (SSSR count). The Kier molecular flexibility index (Phi) is 5.47. The molecule has 0 N–H and O–H groups in total. The van der Waals surface area contributed by atoms with E-state index in [1.807, 2.05) is 26.1 Å². The Hall–Kier alpha value is -1.03. The molecule has 0 aliphatic rings. The van der Waals surface area contributed by atoms with Gasteiger partial charge in [0.05, 0.1) is 0 Å². The lowest BCUT2D eigenvalue weighted by Gasteiger charge is -1.86. The molecule has 0 spiro atoms. The lowest BCUT2D eigenvalue weighted by Crippen LogP contribution is -1.78. The Labute approximate surface area is 62.9 Å². The molecule has 0 unspecified atom stereocenters. The number of hydrogen-bond acceptors (Lipinski definition) is 1. The first-order chi connectivity index (χ1) is 4.81. The van der Waals surface area contributed by atoms with Gasteiger partial charge in [0.1, 0.15) is 0 Å². The Morgan fingerprint density at radius 2 is 2.40 bits per heavy atom. The van der Waals surface area contributed by atoms with E-state index in [-0.39, 0.29) is 0 Å². The van der Waals surface area contributed by atoms with E-state index < -0.39 is 0 Å². The summed E-state index contributed by atoms with van der Waals surface area (Å²) in [6, 6.07) is 0. The van der Waals surface area contributed by atoms with Gasteiger partial charge in [-0.1, -0.05) is 6.08 Å². The second-order valence-corrected chi connectivity index (χ2v) is 1.98. The van der Waals surface area contributed by atoms with Crippen molar-refractivity contribution in [3.05, 3.63) is 11.6 Å². The molecule has 0 saturated heterocycles. The van der Waals surface area contributed by atoms with Crippen molar-refractivity contribution < 1.29 is 0 Å². The van der Waals surface area contributed by atoms with E-state index in [4.69, 9.17) is 6.42 Å². The predicted octanol–water partition coefficient (Wildman–Crippen LogP) is 2.05. The Bertz CT molecular complexity index is 170. The monoisotopic (exact) mass is 135 g/mol. The first kappa shape index (κ1) is 8.97. The molecule has 0 saturated carbocycles. The lowest BCUT2D eigenvalue weighted by molar-refractivity contribution is 1.14. The van der Waals surface area contributed by atoms with Crippen molar-refractivity contribution in [2.45, 2.75) is 20.3 Å². The molecule has 0 amide bonds. The largest absolute Gasteiger partial charge is 0.293 e. The molecule has 54 valence electrons. The van der Waals surface area contributed by atoms with Crippen molar-refractivity contribution in [2.75, 3.05) is 6.54 Å². The number of rotatable bonds is 3. The van der Waals surface area contributed by atoms with Crippen LogP contribution in [0.25, 0.3) is 0 Å². The van der Waals surface area contributed by atoms with Gasteiger partial charge in [0.2, 0.25) is 0 Å². The minimum absolute atomic E-state index is 0.696. The van der Waals surface area contributed by atoms with E-state index >= 15 is 0 Å². The van der Waals surface area contributed by atoms with Crippen molar-refractivity contribution in [2.24, 2.45) is 4.99 Å². The average molecular weight is 135 g/mol. The van der Waals surface area contributed by atoms with Crippen LogP contribution in [0.4, 0.5) is 0 Å². The van der Waals surface area contributed by atoms with Crippen LogP contribution in [-0.4, -0.2) is 12.8 Å². The van der Waals surface area contributed by atoms with Gasteiger partial charge in [0, 0.05) is 19.2 Å². The number of allylic oxidation sites excluding steroid dienone is 2. The summed E-state index contributed by atoms with van der Waals surface area (Å²) in [5.74, 6) is 2.54. The van der Waals surface area contributed by atoms with Gasteiger partial charge in [-0.2, -0.15) is 0 Å². The highest BCUT2D eigenvalue weighted by Crippen LogP contribution is 1.90. The normalized spacial score (nSPS) is 11.9. The predicted molar refractivity (Wildman–Crippen MR) is 46.2 cm³/mol. The van der Waals surface area contributed by atoms with Crippen LogP contribution < -0.4 is 0 Å². The van der Waals surface area contributed by atoms with Crippen molar-refractivity contribution in [3.63, 3.8) is 0 Å². The quantitative estimate of drug-likeness (QED) is 0.415. The van der Waals surface area contributed by atoms with Crippen LogP contribution in [0.3, 0.4) is 0 Å². The molecule has 0 aromatic rings. The van der Waals surface area contributed by atoms with Crippen molar-refractivity contribution >= 4 is 6.21 Å². The number of terminal acetylenes is 1. The van der Waals surface area contributed by atoms with Gasteiger partial charge < -0.3 is 0 Å². The molecule has 1 heteroatoms. The third-order valence-electron chi connectivity index (χ3n) is 1.02. The van der Waals surface area contributed by atoms with Gasteiger partial charge in [-0.15, -0.1) is 12.3 Å². The molecule has 0 fully saturated rings.